The predicted octanol–water partition coefficient (Wildman–Crippen LogP) is 2.24. The number of hydrogen-bond donors (Lipinski definition) is 1. The second-order valence-electron chi connectivity index (χ2n) is 9.49. The van der Waals surface area contributed by atoms with Gasteiger partial charge in [0.05, 0.1) is 25.6 Å². The van der Waals surface area contributed by atoms with Crippen LogP contribution in [0.25, 0.3) is 0 Å². The van der Waals surface area contributed by atoms with Crippen LogP contribution in [0.5, 0.6) is 0 Å². The number of nitrogens with zero attached hydrogens (tertiary/aromatic N) is 4. The first kappa shape index (κ1) is 20.8. The van der Waals surface area contributed by atoms with Crippen LogP contribution in [0, 0.1) is 18.8 Å². The van der Waals surface area contributed by atoms with Crippen LogP contribution in [0.3, 0.4) is 0 Å². The Kier molecular flexibility index (Phi) is 5.27. The van der Waals surface area contributed by atoms with Gasteiger partial charge in [-0.25, -0.2) is 9.97 Å². The molecule has 31 heavy (non-hydrogen) atoms. The number of aliphatic hydroxyl groups is 1. The topological polar surface area (TPSA) is 78.8 Å². The van der Waals surface area contributed by atoms with E-state index in [2.05, 4.69) is 23.7 Å². The molecule has 5 heterocycles. The lowest BCUT2D eigenvalue weighted by Gasteiger charge is -2.40. The lowest BCUT2D eigenvalue weighted by Crippen LogP contribution is -2.56. The number of likely N-dealkylation sites (tertiary alicyclic amines) is 1. The van der Waals surface area contributed by atoms with Crippen molar-refractivity contribution in [1.29, 1.82) is 0 Å². The van der Waals surface area contributed by atoms with E-state index in [0.29, 0.717) is 32.0 Å². The highest BCUT2D eigenvalue weighted by molar-refractivity contribution is 7.08. The molecule has 3 saturated heterocycles. The zero-order valence-electron chi connectivity index (χ0n) is 18.3. The molecule has 8 heteroatoms. The van der Waals surface area contributed by atoms with Crippen molar-refractivity contribution in [2.75, 3.05) is 37.7 Å². The zero-order chi connectivity index (χ0) is 21.8. The molecule has 0 aromatic carbocycles. The van der Waals surface area contributed by atoms with Gasteiger partial charge in [0.15, 0.2) is 0 Å². The molecule has 3 aliphatic rings. The Morgan fingerprint density at radius 3 is 2.94 bits per heavy atom. The van der Waals surface area contributed by atoms with Gasteiger partial charge in [0.2, 0.25) is 5.91 Å². The SMILES string of the molecule is Cc1ncc(C(C)C)c(N2C[C@@H]3[C@H](CO)[C@H]4CN(C(=O)Cc5ccsc5)C[C@]3(C2)O4)n1. The van der Waals surface area contributed by atoms with Crippen LogP contribution in [0.4, 0.5) is 5.82 Å². The molecule has 3 fully saturated rings. The maximum Gasteiger partial charge on any atom is 0.227 e. The van der Waals surface area contributed by atoms with Gasteiger partial charge in [-0.1, -0.05) is 13.8 Å². The number of thiophene rings is 1. The zero-order valence-corrected chi connectivity index (χ0v) is 19.1. The molecule has 1 spiro atoms. The third kappa shape index (κ3) is 3.54. The van der Waals surface area contributed by atoms with Gasteiger partial charge in [-0.2, -0.15) is 11.3 Å². The summed E-state index contributed by atoms with van der Waals surface area (Å²) in [6.07, 6.45) is 2.25. The van der Waals surface area contributed by atoms with E-state index in [0.717, 1.165) is 29.3 Å². The highest BCUT2D eigenvalue weighted by Crippen LogP contribution is 2.50. The van der Waals surface area contributed by atoms with Crippen molar-refractivity contribution in [2.24, 2.45) is 11.8 Å². The van der Waals surface area contributed by atoms with Crippen LogP contribution in [-0.4, -0.2) is 70.4 Å². The summed E-state index contributed by atoms with van der Waals surface area (Å²) in [5.41, 5.74) is 1.74. The predicted molar refractivity (Wildman–Crippen MR) is 119 cm³/mol. The van der Waals surface area contributed by atoms with Gasteiger partial charge in [-0.15, -0.1) is 0 Å². The van der Waals surface area contributed by atoms with Crippen molar-refractivity contribution in [1.82, 2.24) is 14.9 Å². The molecule has 2 aromatic rings. The van der Waals surface area contributed by atoms with Crippen LogP contribution < -0.4 is 4.90 Å². The molecule has 2 aromatic heterocycles. The molecule has 1 amide bonds. The third-order valence-corrected chi connectivity index (χ3v) is 7.86. The van der Waals surface area contributed by atoms with E-state index in [1.54, 1.807) is 11.3 Å². The quantitative estimate of drug-likeness (QED) is 0.765. The fourth-order valence-electron chi connectivity index (χ4n) is 5.59. The second kappa shape index (κ2) is 7.83. The highest BCUT2D eigenvalue weighted by atomic mass is 32.1. The van der Waals surface area contributed by atoms with E-state index in [1.165, 1.54) is 0 Å². The molecule has 3 aliphatic heterocycles. The number of carbonyl (C=O) groups excluding carboxylic acids is 1. The number of aryl methyl sites for hydroxylation is 1. The summed E-state index contributed by atoms with van der Waals surface area (Å²) in [6.45, 7) is 8.91. The number of fused-ring (bicyclic) bond motifs is 1. The van der Waals surface area contributed by atoms with E-state index in [-0.39, 0.29) is 30.5 Å². The average Bonchev–Trinajstić information content (AvgIpc) is 3.40. The molecule has 0 radical (unpaired) electrons. The molecular weight excluding hydrogens is 412 g/mol. The number of amides is 1. The van der Waals surface area contributed by atoms with Gasteiger partial charge in [0.25, 0.3) is 0 Å². The van der Waals surface area contributed by atoms with Gasteiger partial charge in [-0.05, 0) is 35.2 Å². The van der Waals surface area contributed by atoms with E-state index in [1.807, 2.05) is 34.8 Å². The fraction of sp³-hybridized carbons (Fsp3) is 0.609. The van der Waals surface area contributed by atoms with Crippen molar-refractivity contribution in [3.05, 3.63) is 40.0 Å². The molecule has 2 bridgehead atoms. The number of hydrogen-bond acceptors (Lipinski definition) is 7. The summed E-state index contributed by atoms with van der Waals surface area (Å²) in [6, 6.07) is 2.01. The standard InChI is InChI=1S/C23H30N4O3S/c1-14(2)17-7-24-15(3)25-22(17)27-8-19-18(10-28)20-9-26(12-23(19,13-27)30-20)21(29)6-16-4-5-31-11-16/h4-5,7,11,14,18-20,28H,6,8-10,12-13H2,1-3H3/t18-,19+,20+,23+/m0/s1. The minimum absolute atomic E-state index is 0.0365. The normalized spacial score (nSPS) is 29.6. The summed E-state index contributed by atoms with van der Waals surface area (Å²) in [5, 5.41) is 14.2. The minimum atomic E-state index is -0.451. The van der Waals surface area contributed by atoms with Crippen LogP contribution in [0.1, 0.15) is 36.7 Å². The van der Waals surface area contributed by atoms with Crippen LogP contribution in [0.15, 0.2) is 23.0 Å². The summed E-state index contributed by atoms with van der Waals surface area (Å²) >= 11 is 1.62. The molecular formula is C23H30N4O3S. The molecule has 0 aliphatic carbocycles. The Hall–Kier alpha value is -2.03. The molecule has 7 nitrogen and oxygen atoms in total. The second-order valence-corrected chi connectivity index (χ2v) is 10.3. The third-order valence-electron chi connectivity index (χ3n) is 7.13. The van der Waals surface area contributed by atoms with E-state index < -0.39 is 5.60 Å². The van der Waals surface area contributed by atoms with Crippen LogP contribution >= 0.6 is 11.3 Å². The van der Waals surface area contributed by atoms with Crippen LogP contribution in [0.2, 0.25) is 0 Å². The Morgan fingerprint density at radius 1 is 1.39 bits per heavy atom. The van der Waals surface area contributed by atoms with E-state index in [4.69, 9.17) is 9.72 Å². The van der Waals surface area contributed by atoms with Crippen molar-refractivity contribution in [3.63, 3.8) is 0 Å². The van der Waals surface area contributed by atoms with Crippen molar-refractivity contribution in [2.45, 2.75) is 44.8 Å². The van der Waals surface area contributed by atoms with E-state index in [9.17, 15) is 9.90 Å². The smallest absolute Gasteiger partial charge is 0.227 e. The number of aliphatic hydroxyl groups excluding tert-OH is 1. The molecule has 4 atom stereocenters. The molecule has 5 rings (SSSR count). The van der Waals surface area contributed by atoms with Gasteiger partial charge in [-0.3, -0.25) is 4.79 Å². The van der Waals surface area contributed by atoms with Gasteiger partial charge in [0, 0.05) is 43.3 Å². The maximum absolute atomic E-state index is 13.1. The van der Waals surface area contributed by atoms with E-state index >= 15 is 0 Å². The average molecular weight is 443 g/mol. The van der Waals surface area contributed by atoms with Crippen molar-refractivity contribution < 1.29 is 14.6 Å². The Labute approximate surface area is 187 Å². The molecule has 166 valence electrons. The first-order chi connectivity index (χ1) is 14.9. The number of rotatable bonds is 5. The Balaban J connectivity index is 1.42. The first-order valence-electron chi connectivity index (χ1n) is 11.1. The Bertz CT molecular complexity index is 966. The number of carbonyl (C=O) groups is 1. The lowest BCUT2D eigenvalue weighted by molar-refractivity contribution is -0.151. The van der Waals surface area contributed by atoms with Gasteiger partial charge in [0.1, 0.15) is 17.2 Å². The van der Waals surface area contributed by atoms with Gasteiger partial charge >= 0.3 is 0 Å². The lowest BCUT2D eigenvalue weighted by atomic mass is 9.83. The number of anilines is 1. The fourth-order valence-corrected chi connectivity index (χ4v) is 6.26. The summed E-state index contributed by atoms with van der Waals surface area (Å²) < 4.78 is 6.57. The maximum atomic E-state index is 13.1. The number of aromatic nitrogens is 2. The number of ether oxygens (including phenoxy) is 1. The van der Waals surface area contributed by atoms with Gasteiger partial charge < -0.3 is 19.6 Å². The monoisotopic (exact) mass is 442 g/mol. The largest absolute Gasteiger partial charge is 0.396 e. The molecule has 1 N–H and O–H groups in total. The minimum Gasteiger partial charge on any atom is -0.396 e. The molecule has 0 saturated carbocycles. The summed E-state index contributed by atoms with van der Waals surface area (Å²) in [5.74, 6) is 2.38. The highest BCUT2D eigenvalue weighted by Gasteiger charge is 2.63. The number of morpholine rings is 1. The summed E-state index contributed by atoms with van der Waals surface area (Å²) in [4.78, 5) is 26.5. The first-order valence-corrected chi connectivity index (χ1v) is 12.0. The molecule has 0 unspecified atom stereocenters. The Morgan fingerprint density at radius 2 is 2.23 bits per heavy atom. The van der Waals surface area contributed by atoms with Crippen molar-refractivity contribution >= 4 is 23.1 Å². The van der Waals surface area contributed by atoms with Crippen molar-refractivity contribution in [3.8, 4) is 0 Å². The summed E-state index contributed by atoms with van der Waals surface area (Å²) in [7, 11) is 0. The van der Waals surface area contributed by atoms with Crippen LogP contribution in [-0.2, 0) is 16.0 Å².